The number of hydrogen-bond acceptors (Lipinski definition) is 6. The molecule has 0 bridgehead atoms. The number of imide groups is 1. The van der Waals surface area contributed by atoms with Crippen molar-refractivity contribution >= 4 is 45.3 Å². The number of aromatic nitrogens is 3. The fourth-order valence-corrected chi connectivity index (χ4v) is 3.62. The zero-order valence-electron chi connectivity index (χ0n) is 14.2. The van der Waals surface area contributed by atoms with Crippen LogP contribution in [0.1, 0.15) is 5.69 Å². The van der Waals surface area contributed by atoms with E-state index in [2.05, 4.69) is 15.6 Å². The number of nitrogens with zero attached hydrogens (tertiary/aromatic N) is 4. The fourth-order valence-electron chi connectivity index (χ4n) is 2.89. The van der Waals surface area contributed by atoms with Gasteiger partial charge in [-0.1, -0.05) is 53.4 Å². The summed E-state index contributed by atoms with van der Waals surface area (Å²) in [7, 11) is 0. The van der Waals surface area contributed by atoms with Crippen LogP contribution in [0.25, 0.3) is 10.8 Å². The molecule has 1 aliphatic rings. The summed E-state index contributed by atoms with van der Waals surface area (Å²) in [5.41, 5.74) is 1.23. The summed E-state index contributed by atoms with van der Waals surface area (Å²) in [4.78, 5) is 37.1. The van der Waals surface area contributed by atoms with Gasteiger partial charge in [0.15, 0.2) is 0 Å². The lowest BCUT2D eigenvalue weighted by Gasteiger charge is -2.13. The fraction of sp³-hybridized carbons (Fsp3) is 0.167. The van der Waals surface area contributed by atoms with Gasteiger partial charge in [0.2, 0.25) is 11.8 Å². The maximum Gasteiger partial charge on any atom is 0.289 e. The van der Waals surface area contributed by atoms with Gasteiger partial charge >= 0.3 is 0 Å². The number of fused-ring (bicyclic) bond motifs is 1. The van der Waals surface area contributed by atoms with Crippen LogP contribution in [-0.2, 0) is 22.7 Å². The Balaban J connectivity index is 1.48. The number of anilines is 1. The molecule has 9 heteroatoms. The number of amides is 3. The zero-order chi connectivity index (χ0) is 18.8. The minimum Gasteiger partial charge on any atom is -0.324 e. The summed E-state index contributed by atoms with van der Waals surface area (Å²) in [6.07, 6.45) is 1.45. The van der Waals surface area contributed by atoms with Crippen LogP contribution < -0.4 is 5.32 Å². The zero-order valence-corrected chi connectivity index (χ0v) is 15.0. The normalized spacial score (nSPS) is 14.1. The summed E-state index contributed by atoms with van der Waals surface area (Å²) in [5.74, 6) is -0.383. The molecule has 1 saturated heterocycles. The molecule has 136 valence electrons. The third kappa shape index (κ3) is 3.54. The first-order valence-corrected chi connectivity index (χ1v) is 9.22. The summed E-state index contributed by atoms with van der Waals surface area (Å²) in [6, 6.07) is 13.5. The number of nitrogens with one attached hydrogen (secondary N) is 1. The predicted octanol–water partition coefficient (Wildman–Crippen LogP) is 2.27. The number of carbonyl (C=O) groups is 3. The standard InChI is InChI=1S/C18H15N5O3S/c24-16(20-15-7-3-5-12-4-1-2-6-14(12)15)10-23-13(8-19-21-23)9-22-17(25)11-27-18(22)26/h1-8H,9-11H2,(H,20,24). The number of benzene rings is 2. The van der Waals surface area contributed by atoms with E-state index in [-0.39, 0.29) is 35.9 Å². The largest absolute Gasteiger partial charge is 0.324 e. The van der Waals surface area contributed by atoms with E-state index < -0.39 is 0 Å². The number of thioether (sulfide) groups is 1. The van der Waals surface area contributed by atoms with Gasteiger partial charge in [0.25, 0.3) is 5.24 Å². The molecule has 1 aliphatic heterocycles. The maximum atomic E-state index is 12.5. The molecule has 8 nitrogen and oxygen atoms in total. The highest BCUT2D eigenvalue weighted by Gasteiger charge is 2.30. The van der Waals surface area contributed by atoms with Crippen LogP contribution in [0.2, 0.25) is 0 Å². The van der Waals surface area contributed by atoms with E-state index >= 15 is 0 Å². The highest BCUT2D eigenvalue weighted by atomic mass is 32.2. The highest BCUT2D eigenvalue weighted by Crippen LogP contribution is 2.23. The van der Waals surface area contributed by atoms with Gasteiger partial charge in [-0.2, -0.15) is 0 Å². The molecule has 0 saturated carbocycles. The lowest BCUT2D eigenvalue weighted by Crippen LogP contribution is -2.30. The van der Waals surface area contributed by atoms with Crippen LogP contribution in [0.4, 0.5) is 10.5 Å². The number of hydrogen-bond donors (Lipinski definition) is 1. The first kappa shape index (κ1) is 17.2. The molecule has 27 heavy (non-hydrogen) atoms. The van der Waals surface area contributed by atoms with Crippen molar-refractivity contribution in [2.45, 2.75) is 13.1 Å². The molecule has 2 heterocycles. The Morgan fingerprint density at radius 1 is 1.15 bits per heavy atom. The van der Waals surface area contributed by atoms with Crippen molar-refractivity contribution in [3.63, 3.8) is 0 Å². The van der Waals surface area contributed by atoms with Gasteiger partial charge < -0.3 is 5.32 Å². The van der Waals surface area contributed by atoms with Crippen molar-refractivity contribution in [1.29, 1.82) is 0 Å². The highest BCUT2D eigenvalue weighted by molar-refractivity contribution is 8.14. The second-order valence-electron chi connectivity index (χ2n) is 5.99. The Kier molecular flexibility index (Phi) is 4.59. The van der Waals surface area contributed by atoms with Crippen LogP contribution in [0.15, 0.2) is 48.7 Å². The molecule has 3 amide bonds. The first-order chi connectivity index (χ1) is 13.1. The lowest BCUT2D eigenvalue weighted by atomic mass is 10.1. The molecule has 1 fully saturated rings. The van der Waals surface area contributed by atoms with Gasteiger partial charge in [-0.15, -0.1) is 5.10 Å². The summed E-state index contributed by atoms with van der Waals surface area (Å²) in [5, 5.41) is 12.3. The van der Waals surface area contributed by atoms with Crippen LogP contribution in [-0.4, -0.2) is 42.7 Å². The van der Waals surface area contributed by atoms with E-state index in [1.165, 1.54) is 10.9 Å². The molecule has 0 unspecified atom stereocenters. The Labute approximate surface area is 158 Å². The Morgan fingerprint density at radius 3 is 2.78 bits per heavy atom. The van der Waals surface area contributed by atoms with Crippen LogP contribution in [0, 0.1) is 0 Å². The summed E-state index contributed by atoms with van der Waals surface area (Å²) < 4.78 is 1.39. The number of carbonyl (C=O) groups excluding carboxylic acids is 3. The Bertz CT molecular complexity index is 1030. The van der Waals surface area contributed by atoms with Gasteiger partial charge in [-0.3, -0.25) is 19.3 Å². The van der Waals surface area contributed by atoms with Crippen molar-refractivity contribution in [3.05, 3.63) is 54.4 Å². The van der Waals surface area contributed by atoms with Crippen molar-refractivity contribution < 1.29 is 14.4 Å². The van der Waals surface area contributed by atoms with Gasteiger partial charge in [-0.05, 0) is 11.5 Å². The first-order valence-electron chi connectivity index (χ1n) is 8.24. The molecule has 0 spiro atoms. The van der Waals surface area contributed by atoms with Gasteiger partial charge in [0.1, 0.15) is 6.54 Å². The molecular weight excluding hydrogens is 366 g/mol. The molecule has 2 aromatic carbocycles. The molecule has 3 aromatic rings. The predicted molar refractivity (Wildman–Crippen MR) is 101 cm³/mol. The molecule has 1 aromatic heterocycles. The average Bonchev–Trinajstić information content (AvgIpc) is 3.23. The van der Waals surface area contributed by atoms with Gasteiger partial charge in [0, 0.05) is 11.1 Å². The quantitative estimate of drug-likeness (QED) is 0.728. The monoisotopic (exact) mass is 381 g/mol. The third-order valence-electron chi connectivity index (χ3n) is 4.22. The summed E-state index contributed by atoms with van der Waals surface area (Å²) >= 11 is 0.966. The Morgan fingerprint density at radius 2 is 1.96 bits per heavy atom. The topological polar surface area (TPSA) is 97.2 Å². The van der Waals surface area contributed by atoms with Crippen LogP contribution in [0.3, 0.4) is 0 Å². The minimum absolute atomic E-state index is 0.0548. The smallest absolute Gasteiger partial charge is 0.289 e. The van der Waals surface area contributed by atoms with E-state index in [0.717, 1.165) is 27.4 Å². The van der Waals surface area contributed by atoms with Crippen LogP contribution in [0.5, 0.6) is 0 Å². The van der Waals surface area contributed by atoms with Gasteiger partial charge in [-0.25, -0.2) is 4.68 Å². The average molecular weight is 381 g/mol. The molecular formula is C18H15N5O3S. The second-order valence-corrected chi connectivity index (χ2v) is 6.92. The lowest BCUT2D eigenvalue weighted by molar-refractivity contribution is -0.125. The van der Waals surface area contributed by atoms with E-state index in [4.69, 9.17) is 0 Å². The third-order valence-corrected chi connectivity index (χ3v) is 5.07. The van der Waals surface area contributed by atoms with E-state index in [0.29, 0.717) is 11.4 Å². The van der Waals surface area contributed by atoms with E-state index in [1.807, 2.05) is 42.5 Å². The molecule has 4 rings (SSSR count). The molecule has 0 aliphatic carbocycles. The van der Waals surface area contributed by atoms with Crippen molar-refractivity contribution in [3.8, 4) is 0 Å². The van der Waals surface area contributed by atoms with E-state index in [9.17, 15) is 14.4 Å². The molecule has 0 atom stereocenters. The SMILES string of the molecule is O=C(Cn1nncc1CN1C(=O)CSC1=O)Nc1cccc2ccccc12. The van der Waals surface area contributed by atoms with E-state index in [1.54, 1.807) is 0 Å². The second kappa shape index (κ2) is 7.20. The minimum atomic E-state index is -0.298. The summed E-state index contributed by atoms with van der Waals surface area (Å²) in [6.45, 7) is -0.0128. The van der Waals surface area contributed by atoms with Crippen LogP contribution >= 0.6 is 11.8 Å². The van der Waals surface area contributed by atoms with Crippen molar-refractivity contribution in [1.82, 2.24) is 19.9 Å². The van der Waals surface area contributed by atoms with Crippen molar-refractivity contribution in [2.75, 3.05) is 11.1 Å². The molecule has 0 radical (unpaired) electrons. The molecule has 1 N–H and O–H groups in total. The Hall–Kier alpha value is -3.20. The number of rotatable bonds is 5. The van der Waals surface area contributed by atoms with Gasteiger partial charge in [0.05, 0.1) is 24.2 Å². The van der Waals surface area contributed by atoms with Crippen molar-refractivity contribution in [2.24, 2.45) is 0 Å². The maximum absolute atomic E-state index is 12.5.